The van der Waals surface area contributed by atoms with Gasteiger partial charge in [-0.3, -0.25) is 4.79 Å². The minimum Gasteiger partial charge on any atom is -0.311 e. The molecular formula is C13H12F3N5OS. The average molecular weight is 343 g/mol. The quantitative estimate of drug-likeness (QED) is 0.851. The number of rotatable bonds is 4. The van der Waals surface area contributed by atoms with Gasteiger partial charge in [-0.1, -0.05) is 30.0 Å². The van der Waals surface area contributed by atoms with Gasteiger partial charge in [0.1, 0.15) is 6.54 Å². The summed E-state index contributed by atoms with van der Waals surface area (Å²) in [5.74, 6) is -0.150. The summed E-state index contributed by atoms with van der Waals surface area (Å²) in [5.41, 5.74) is 0.774. The Hall–Kier alpha value is -2.10. The maximum atomic E-state index is 12.5. The van der Waals surface area contributed by atoms with Gasteiger partial charge in [0.2, 0.25) is 11.1 Å². The van der Waals surface area contributed by atoms with E-state index >= 15 is 0 Å². The van der Waals surface area contributed by atoms with Crippen LogP contribution in [0.2, 0.25) is 0 Å². The van der Waals surface area contributed by atoms with Gasteiger partial charge in [0.15, 0.2) is 0 Å². The van der Waals surface area contributed by atoms with Crippen LogP contribution in [0.1, 0.15) is 6.42 Å². The number of aromatic nitrogens is 4. The number of hydrogen-bond acceptors (Lipinski definition) is 5. The zero-order valence-corrected chi connectivity index (χ0v) is 12.6. The van der Waals surface area contributed by atoms with Crippen LogP contribution in [0.15, 0.2) is 35.5 Å². The molecule has 1 saturated heterocycles. The molecule has 0 N–H and O–H groups in total. The van der Waals surface area contributed by atoms with Crippen LogP contribution in [0.25, 0.3) is 0 Å². The molecule has 23 heavy (non-hydrogen) atoms. The van der Waals surface area contributed by atoms with Crippen molar-refractivity contribution in [3.63, 3.8) is 0 Å². The highest BCUT2D eigenvalue weighted by Gasteiger charge is 2.36. The van der Waals surface area contributed by atoms with Crippen LogP contribution in [0.3, 0.4) is 0 Å². The van der Waals surface area contributed by atoms with Gasteiger partial charge < -0.3 is 4.90 Å². The summed E-state index contributed by atoms with van der Waals surface area (Å²) < 4.78 is 38.1. The lowest BCUT2D eigenvalue weighted by Crippen LogP contribution is -2.28. The molecule has 0 radical (unpaired) electrons. The lowest BCUT2D eigenvalue weighted by Gasteiger charge is -2.16. The Morgan fingerprint density at radius 2 is 2.00 bits per heavy atom. The van der Waals surface area contributed by atoms with Crippen molar-refractivity contribution in [1.29, 1.82) is 0 Å². The minimum atomic E-state index is -4.42. The fourth-order valence-corrected chi connectivity index (χ4v) is 3.32. The predicted octanol–water partition coefficient (Wildman–Crippen LogP) is 2.13. The Morgan fingerprint density at radius 3 is 2.70 bits per heavy atom. The number of thioether (sulfide) groups is 1. The maximum absolute atomic E-state index is 12.5. The SMILES string of the molecule is O=C1[C@@H](Sc2nnnn2CC(F)(F)F)CCN1c1ccccc1. The van der Waals surface area contributed by atoms with Gasteiger partial charge in [0.05, 0.1) is 5.25 Å². The highest BCUT2D eigenvalue weighted by molar-refractivity contribution is 8.00. The number of halogens is 3. The molecule has 0 saturated carbocycles. The largest absolute Gasteiger partial charge is 0.408 e. The number of benzene rings is 1. The summed E-state index contributed by atoms with van der Waals surface area (Å²) in [5, 5.41) is 9.70. The Kier molecular flexibility index (Phi) is 4.24. The first-order valence-corrected chi connectivity index (χ1v) is 7.68. The van der Waals surface area contributed by atoms with E-state index in [4.69, 9.17) is 0 Å². The molecule has 2 aromatic rings. The monoisotopic (exact) mass is 343 g/mol. The zero-order valence-electron chi connectivity index (χ0n) is 11.8. The number of hydrogen-bond donors (Lipinski definition) is 0. The van der Waals surface area contributed by atoms with E-state index in [1.165, 1.54) is 0 Å². The fourth-order valence-electron chi connectivity index (χ4n) is 2.30. The molecule has 1 amide bonds. The topological polar surface area (TPSA) is 63.9 Å². The van der Waals surface area contributed by atoms with Crippen molar-refractivity contribution < 1.29 is 18.0 Å². The van der Waals surface area contributed by atoms with Crippen LogP contribution in [-0.4, -0.2) is 44.1 Å². The summed E-state index contributed by atoms with van der Waals surface area (Å²) in [7, 11) is 0. The summed E-state index contributed by atoms with van der Waals surface area (Å²) in [4.78, 5) is 14.1. The molecule has 1 aliphatic heterocycles. The average Bonchev–Trinajstić information content (AvgIpc) is 3.07. The number of alkyl halides is 3. The summed E-state index contributed by atoms with van der Waals surface area (Å²) in [6.07, 6.45) is -3.89. The highest BCUT2D eigenvalue weighted by Crippen LogP contribution is 2.32. The Balaban J connectivity index is 1.71. The molecule has 1 aliphatic rings. The molecule has 6 nitrogen and oxygen atoms in total. The number of carbonyl (C=O) groups is 1. The molecule has 1 aromatic carbocycles. The second-order valence-electron chi connectivity index (χ2n) is 4.95. The van der Waals surface area contributed by atoms with E-state index in [2.05, 4.69) is 15.5 Å². The smallest absolute Gasteiger partial charge is 0.311 e. The van der Waals surface area contributed by atoms with Crippen LogP contribution in [0, 0.1) is 0 Å². The van der Waals surface area contributed by atoms with Crippen molar-refractivity contribution in [3.05, 3.63) is 30.3 Å². The van der Waals surface area contributed by atoms with Gasteiger partial charge in [-0.05, 0) is 29.0 Å². The molecule has 0 spiro atoms. The standard InChI is InChI=1S/C13H12F3N5OS/c14-13(15,16)8-21-12(17-18-19-21)23-10-6-7-20(11(10)22)9-4-2-1-3-5-9/h1-5,10H,6-8H2/t10-/m0/s1. The molecule has 0 unspecified atom stereocenters. The molecule has 2 heterocycles. The van der Waals surface area contributed by atoms with E-state index in [1.807, 2.05) is 30.3 Å². The third kappa shape index (κ3) is 3.63. The number of carbonyl (C=O) groups excluding carboxylic acids is 1. The molecular weight excluding hydrogens is 331 g/mol. The zero-order chi connectivity index (χ0) is 16.4. The first-order chi connectivity index (χ1) is 10.9. The predicted molar refractivity (Wildman–Crippen MR) is 76.9 cm³/mol. The van der Waals surface area contributed by atoms with Gasteiger partial charge in [-0.2, -0.15) is 13.2 Å². The van der Waals surface area contributed by atoms with Crippen molar-refractivity contribution in [2.75, 3.05) is 11.4 Å². The number of para-hydroxylation sites is 1. The van der Waals surface area contributed by atoms with E-state index < -0.39 is 18.0 Å². The molecule has 1 fully saturated rings. The summed E-state index contributed by atoms with van der Waals surface area (Å²) in [6.45, 7) is -0.757. The maximum Gasteiger partial charge on any atom is 0.408 e. The Labute approximate surface area is 133 Å². The Bertz CT molecular complexity index is 690. The fraction of sp³-hybridized carbons (Fsp3) is 0.385. The van der Waals surface area contributed by atoms with Gasteiger partial charge in [-0.25, -0.2) is 4.68 Å². The molecule has 0 bridgehead atoms. The third-order valence-electron chi connectivity index (χ3n) is 3.30. The van der Waals surface area contributed by atoms with Gasteiger partial charge in [-0.15, -0.1) is 5.10 Å². The number of anilines is 1. The second kappa shape index (κ2) is 6.19. The van der Waals surface area contributed by atoms with E-state index in [0.29, 0.717) is 17.6 Å². The minimum absolute atomic E-state index is 0.00409. The van der Waals surface area contributed by atoms with Gasteiger partial charge >= 0.3 is 6.18 Å². The summed E-state index contributed by atoms with van der Waals surface area (Å²) in [6, 6.07) is 9.14. The lowest BCUT2D eigenvalue weighted by atomic mass is 10.3. The third-order valence-corrected chi connectivity index (χ3v) is 4.53. The second-order valence-corrected chi connectivity index (χ2v) is 6.12. The van der Waals surface area contributed by atoms with Crippen molar-refractivity contribution in [2.45, 2.75) is 29.5 Å². The number of tetrazole rings is 1. The normalized spacial score (nSPS) is 18.7. The first kappa shape index (κ1) is 15.8. The van der Waals surface area contributed by atoms with E-state index in [1.54, 1.807) is 4.90 Å². The van der Waals surface area contributed by atoms with Crippen LogP contribution < -0.4 is 4.90 Å². The number of amides is 1. The molecule has 10 heteroatoms. The molecule has 0 aliphatic carbocycles. The first-order valence-electron chi connectivity index (χ1n) is 6.80. The molecule has 1 atom stereocenters. The van der Waals surface area contributed by atoms with E-state index in [-0.39, 0.29) is 11.1 Å². The van der Waals surface area contributed by atoms with Gasteiger partial charge in [0, 0.05) is 12.2 Å². The number of nitrogens with zero attached hydrogens (tertiary/aromatic N) is 5. The van der Waals surface area contributed by atoms with Crippen LogP contribution >= 0.6 is 11.8 Å². The van der Waals surface area contributed by atoms with E-state index in [0.717, 1.165) is 17.4 Å². The lowest BCUT2D eigenvalue weighted by molar-refractivity contribution is -0.144. The van der Waals surface area contributed by atoms with Gasteiger partial charge in [0.25, 0.3) is 0 Å². The highest BCUT2D eigenvalue weighted by atomic mass is 32.2. The molecule has 1 aromatic heterocycles. The molecule has 122 valence electrons. The van der Waals surface area contributed by atoms with E-state index in [9.17, 15) is 18.0 Å². The van der Waals surface area contributed by atoms with Crippen molar-refractivity contribution in [2.24, 2.45) is 0 Å². The Morgan fingerprint density at radius 1 is 1.26 bits per heavy atom. The van der Waals surface area contributed by atoms with Crippen molar-refractivity contribution in [3.8, 4) is 0 Å². The van der Waals surface area contributed by atoms with Crippen LogP contribution in [0.4, 0.5) is 18.9 Å². The van der Waals surface area contributed by atoms with Crippen molar-refractivity contribution in [1.82, 2.24) is 20.2 Å². The van der Waals surface area contributed by atoms with Crippen molar-refractivity contribution >= 4 is 23.4 Å². The summed E-state index contributed by atoms with van der Waals surface area (Å²) >= 11 is 0.967. The molecule has 3 rings (SSSR count). The van der Waals surface area contributed by atoms with Crippen LogP contribution in [0.5, 0.6) is 0 Å². The van der Waals surface area contributed by atoms with Crippen LogP contribution in [-0.2, 0) is 11.3 Å².